The van der Waals surface area contributed by atoms with Gasteiger partial charge in [-0.15, -0.1) is 4.91 Å². The van der Waals surface area contributed by atoms with E-state index in [0.717, 1.165) is 0 Å². The summed E-state index contributed by atoms with van der Waals surface area (Å²) in [7, 11) is 0.751. The van der Waals surface area contributed by atoms with Gasteiger partial charge in [0.1, 0.15) is 0 Å². The number of nitrogens with zero attached hydrogens (tertiary/aromatic N) is 4. The van der Waals surface area contributed by atoms with Crippen LogP contribution in [0.5, 0.6) is 5.88 Å². The Morgan fingerprint density at radius 1 is 1.30 bits per heavy atom. The molecule has 0 aliphatic rings. The average molecular weight is 394 g/mol. The Hall–Kier alpha value is -3.08. The predicted octanol–water partition coefficient (Wildman–Crippen LogP) is 2.90. The Morgan fingerprint density at radius 3 is 2.56 bits per heavy atom. The highest BCUT2D eigenvalue weighted by Gasteiger charge is 2.16. The maximum Gasteiger partial charge on any atom is 0.250 e. The average Bonchev–Trinajstić information content (AvgIpc) is 2.62. The van der Waals surface area contributed by atoms with Crippen LogP contribution < -0.4 is 15.8 Å². The van der Waals surface area contributed by atoms with Gasteiger partial charge >= 0.3 is 0 Å². The second-order valence-electron chi connectivity index (χ2n) is 4.95. The lowest BCUT2D eigenvalue weighted by molar-refractivity contribution is 0.344. The number of aliphatic imine (C=N–C) groups is 1. The first-order valence-corrected chi connectivity index (χ1v) is 9.69. The van der Waals surface area contributed by atoms with E-state index in [-0.39, 0.29) is 23.3 Å². The Morgan fingerprint density at radius 2 is 1.96 bits per heavy atom. The summed E-state index contributed by atoms with van der Waals surface area (Å²) in [5.41, 5.74) is 6.72. The number of benzene rings is 1. The smallest absolute Gasteiger partial charge is 0.250 e. The standard InChI is InChI=1S/C14H16N6O3.C2H6OS/c1-3-23-8-16-9-6-4-5-7-10(9)17-12-11(20-21)13(22-2)19-14(15)18-12;1-4(2)3/h4-8H,3H2,1-2H3,(H3,15,17,18,19);1-2H3. The van der Waals surface area contributed by atoms with Gasteiger partial charge in [-0.1, -0.05) is 12.1 Å². The second kappa shape index (κ2) is 11.5. The monoisotopic (exact) mass is 394 g/mol. The van der Waals surface area contributed by atoms with E-state index in [1.807, 2.05) is 13.0 Å². The van der Waals surface area contributed by atoms with Crippen LogP contribution in [-0.4, -0.2) is 46.8 Å². The van der Waals surface area contributed by atoms with Crippen molar-refractivity contribution in [2.45, 2.75) is 6.92 Å². The molecule has 0 aliphatic carbocycles. The largest absolute Gasteiger partial charge is 0.483 e. The SMILES string of the molecule is CCOC=Nc1ccccc1Nc1nc(N)nc(OC)c1N=O.CS(C)=O. The van der Waals surface area contributed by atoms with Crippen molar-refractivity contribution in [2.24, 2.45) is 10.2 Å². The molecule has 2 rings (SSSR count). The molecular formula is C16H22N6O4S. The van der Waals surface area contributed by atoms with Gasteiger partial charge in [0.2, 0.25) is 11.6 Å². The molecule has 1 heterocycles. The highest BCUT2D eigenvalue weighted by molar-refractivity contribution is 7.83. The lowest BCUT2D eigenvalue weighted by atomic mass is 10.2. The van der Waals surface area contributed by atoms with Crippen LogP contribution in [-0.2, 0) is 15.5 Å². The maximum absolute atomic E-state index is 11.1. The fraction of sp³-hybridized carbons (Fsp3) is 0.312. The fourth-order valence-corrected chi connectivity index (χ4v) is 1.75. The summed E-state index contributed by atoms with van der Waals surface area (Å²) in [6, 6.07) is 7.15. The summed E-state index contributed by atoms with van der Waals surface area (Å²) in [4.78, 5) is 23.0. The lowest BCUT2D eigenvalue weighted by Crippen LogP contribution is -2.03. The number of para-hydroxylation sites is 2. The summed E-state index contributed by atoms with van der Waals surface area (Å²) < 4.78 is 19.6. The number of nitroso groups, excluding NO2 is 1. The minimum atomic E-state index is -0.611. The Labute approximate surface area is 159 Å². The van der Waals surface area contributed by atoms with Gasteiger partial charge < -0.3 is 20.5 Å². The molecule has 0 saturated carbocycles. The molecule has 0 unspecified atom stereocenters. The van der Waals surface area contributed by atoms with Gasteiger partial charge in [0.25, 0.3) is 5.88 Å². The zero-order chi connectivity index (χ0) is 20.2. The van der Waals surface area contributed by atoms with Gasteiger partial charge in [0, 0.05) is 23.3 Å². The van der Waals surface area contributed by atoms with E-state index >= 15 is 0 Å². The number of nitrogen functional groups attached to an aromatic ring is 1. The molecule has 2 aromatic rings. The summed E-state index contributed by atoms with van der Waals surface area (Å²) in [6.07, 6.45) is 4.62. The van der Waals surface area contributed by atoms with E-state index in [0.29, 0.717) is 18.0 Å². The Bertz CT molecular complexity index is 811. The summed E-state index contributed by atoms with van der Waals surface area (Å²) >= 11 is 0. The van der Waals surface area contributed by atoms with Crippen LogP contribution in [0.15, 0.2) is 34.4 Å². The molecule has 0 amide bonds. The summed E-state index contributed by atoms with van der Waals surface area (Å²) in [5.74, 6) is 0.0701. The molecule has 3 N–H and O–H groups in total. The van der Waals surface area contributed by atoms with Crippen molar-refractivity contribution >= 4 is 46.0 Å². The van der Waals surface area contributed by atoms with E-state index in [2.05, 4.69) is 25.5 Å². The number of nitrogens with one attached hydrogen (secondary N) is 1. The third kappa shape index (κ3) is 7.36. The molecule has 11 heteroatoms. The van der Waals surface area contributed by atoms with E-state index in [1.54, 1.807) is 30.7 Å². The van der Waals surface area contributed by atoms with Crippen molar-refractivity contribution in [1.82, 2.24) is 9.97 Å². The Balaban J connectivity index is 0.000000828. The number of nitrogens with two attached hydrogens (primary N) is 1. The normalized spacial score (nSPS) is 10.3. The molecule has 0 fully saturated rings. The van der Waals surface area contributed by atoms with Gasteiger partial charge in [-0.05, 0) is 24.2 Å². The molecule has 0 radical (unpaired) electrons. The van der Waals surface area contributed by atoms with Crippen molar-refractivity contribution < 1.29 is 13.7 Å². The molecule has 146 valence electrons. The van der Waals surface area contributed by atoms with Crippen LogP contribution in [0, 0.1) is 4.91 Å². The highest BCUT2D eigenvalue weighted by atomic mass is 32.2. The number of aromatic nitrogens is 2. The third-order valence-electron chi connectivity index (χ3n) is 2.74. The van der Waals surface area contributed by atoms with Crippen molar-refractivity contribution in [3.05, 3.63) is 29.2 Å². The topological polar surface area (TPSA) is 141 Å². The van der Waals surface area contributed by atoms with Crippen molar-refractivity contribution in [1.29, 1.82) is 0 Å². The van der Waals surface area contributed by atoms with Gasteiger partial charge in [0.15, 0.2) is 12.2 Å². The maximum atomic E-state index is 11.1. The van der Waals surface area contributed by atoms with E-state index in [4.69, 9.17) is 15.2 Å². The number of rotatable bonds is 7. The predicted molar refractivity (Wildman–Crippen MR) is 108 cm³/mol. The van der Waals surface area contributed by atoms with Crippen LogP contribution in [0.3, 0.4) is 0 Å². The second-order valence-corrected chi connectivity index (χ2v) is 6.44. The molecule has 0 aliphatic heterocycles. The number of methoxy groups -OCH3 is 1. The van der Waals surface area contributed by atoms with Crippen molar-refractivity contribution in [2.75, 3.05) is 37.3 Å². The first-order valence-electron chi connectivity index (χ1n) is 7.73. The van der Waals surface area contributed by atoms with Crippen LogP contribution in [0.4, 0.5) is 28.8 Å². The number of anilines is 3. The fourth-order valence-electron chi connectivity index (χ4n) is 1.75. The van der Waals surface area contributed by atoms with Crippen LogP contribution in [0.25, 0.3) is 0 Å². The van der Waals surface area contributed by atoms with Crippen LogP contribution in [0.1, 0.15) is 6.92 Å². The quantitative estimate of drug-likeness (QED) is 0.415. The minimum Gasteiger partial charge on any atom is -0.483 e. The van der Waals surface area contributed by atoms with Crippen LogP contribution in [0.2, 0.25) is 0 Å². The molecule has 0 bridgehead atoms. The number of hydrogen-bond donors (Lipinski definition) is 2. The molecule has 1 aromatic carbocycles. The van der Waals surface area contributed by atoms with Gasteiger partial charge in [-0.25, -0.2) is 4.99 Å². The Kier molecular flexibility index (Phi) is 9.37. The number of hydrogen-bond acceptors (Lipinski definition) is 10. The van der Waals surface area contributed by atoms with Gasteiger partial charge in [0.05, 0.1) is 25.1 Å². The third-order valence-corrected chi connectivity index (χ3v) is 2.74. The lowest BCUT2D eigenvalue weighted by Gasteiger charge is -2.11. The first kappa shape index (κ1) is 22.0. The van der Waals surface area contributed by atoms with Gasteiger partial charge in [-0.3, -0.25) is 4.21 Å². The summed E-state index contributed by atoms with van der Waals surface area (Å²) in [5, 5.41) is 5.86. The number of ether oxygens (including phenoxy) is 2. The zero-order valence-corrected chi connectivity index (χ0v) is 16.3. The van der Waals surface area contributed by atoms with Crippen molar-refractivity contribution in [3.63, 3.8) is 0 Å². The van der Waals surface area contributed by atoms with Crippen molar-refractivity contribution in [3.8, 4) is 5.88 Å². The molecular weight excluding hydrogens is 372 g/mol. The van der Waals surface area contributed by atoms with E-state index < -0.39 is 10.8 Å². The zero-order valence-electron chi connectivity index (χ0n) is 15.5. The van der Waals surface area contributed by atoms with E-state index in [1.165, 1.54) is 13.5 Å². The molecule has 27 heavy (non-hydrogen) atoms. The molecule has 10 nitrogen and oxygen atoms in total. The first-order chi connectivity index (χ1) is 12.9. The molecule has 0 atom stereocenters. The molecule has 0 spiro atoms. The highest BCUT2D eigenvalue weighted by Crippen LogP contribution is 2.36. The van der Waals surface area contributed by atoms with Crippen LogP contribution >= 0.6 is 0 Å². The molecule has 0 saturated heterocycles. The van der Waals surface area contributed by atoms with Gasteiger partial charge in [-0.2, -0.15) is 9.97 Å². The molecule has 1 aromatic heterocycles. The van der Waals surface area contributed by atoms with E-state index in [9.17, 15) is 9.12 Å². The minimum absolute atomic E-state index is 0.00898. The summed E-state index contributed by atoms with van der Waals surface area (Å²) in [6.45, 7) is 2.37.